The lowest BCUT2D eigenvalue weighted by atomic mass is 10.1. The maximum atomic E-state index is 12.0. The van der Waals surface area contributed by atoms with Gasteiger partial charge in [-0.05, 0) is 11.6 Å². The molecule has 0 N–H and O–H groups in total. The quantitative estimate of drug-likeness (QED) is 0.866. The van der Waals surface area contributed by atoms with E-state index in [1.807, 2.05) is 37.5 Å². The van der Waals surface area contributed by atoms with E-state index in [9.17, 15) is 4.79 Å². The summed E-state index contributed by atoms with van der Waals surface area (Å²) in [6, 6.07) is 7.84. The van der Waals surface area contributed by atoms with Crippen molar-refractivity contribution in [3.63, 3.8) is 0 Å². The van der Waals surface area contributed by atoms with Gasteiger partial charge in [0.25, 0.3) is 0 Å². The Kier molecular flexibility index (Phi) is 3.40. The molecule has 6 heteroatoms. The van der Waals surface area contributed by atoms with Crippen molar-refractivity contribution in [3.05, 3.63) is 52.3 Å². The van der Waals surface area contributed by atoms with Crippen LogP contribution >= 0.6 is 15.9 Å². The number of halogens is 1. The highest BCUT2D eigenvalue weighted by molar-refractivity contribution is 9.10. The molecule has 2 heterocycles. The van der Waals surface area contributed by atoms with Gasteiger partial charge >= 0.3 is 0 Å². The van der Waals surface area contributed by atoms with Crippen LogP contribution in [0.25, 0.3) is 0 Å². The van der Waals surface area contributed by atoms with Crippen LogP contribution < -0.4 is 0 Å². The van der Waals surface area contributed by atoms with E-state index in [1.54, 1.807) is 10.9 Å². The van der Waals surface area contributed by atoms with Crippen LogP contribution in [0, 0.1) is 0 Å². The predicted octanol–water partition coefficient (Wildman–Crippen LogP) is 2.32. The molecule has 5 nitrogen and oxygen atoms in total. The van der Waals surface area contributed by atoms with E-state index < -0.39 is 0 Å². The highest BCUT2D eigenvalue weighted by Crippen LogP contribution is 2.21. The summed E-state index contributed by atoms with van der Waals surface area (Å²) >= 11 is 3.49. The van der Waals surface area contributed by atoms with Crippen molar-refractivity contribution in [3.8, 4) is 0 Å². The van der Waals surface area contributed by atoms with Crippen molar-refractivity contribution in [2.24, 2.45) is 12.1 Å². The average molecular weight is 333 g/mol. The fourth-order valence-corrected chi connectivity index (χ4v) is 2.52. The largest absolute Gasteiger partial charge is 0.275 e. The number of hydrogen-bond acceptors (Lipinski definition) is 3. The van der Waals surface area contributed by atoms with Gasteiger partial charge < -0.3 is 0 Å². The van der Waals surface area contributed by atoms with E-state index in [2.05, 4.69) is 26.1 Å². The third kappa shape index (κ3) is 2.51. The Morgan fingerprint density at radius 1 is 1.35 bits per heavy atom. The van der Waals surface area contributed by atoms with Crippen LogP contribution in [0.4, 0.5) is 0 Å². The van der Waals surface area contributed by atoms with E-state index in [1.165, 1.54) is 5.01 Å². The van der Waals surface area contributed by atoms with Crippen LogP contribution in [-0.2, 0) is 18.4 Å². The molecule has 102 valence electrons. The molecule has 20 heavy (non-hydrogen) atoms. The Labute approximate surface area is 125 Å². The Morgan fingerprint density at radius 2 is 2.15 bits per heavy atom. The van der Waals surface area contributed by atoms with Gasteiger partial charge in [0.15, 0.2) is 0 Å². The molecular weight excluding hydrogens is 320 g/mol. The number of carbonyl (C=O) groups is 1. The van der Waals surface area contributed by atoms with Crippen LogP contribution in [-0.4, -0.2) is 26.4 Å². The number of amides is 1. The molecule has 0 aliphatic carbocycles. The molecule has 0 saturated heterocycles. The number of nitrogens with zero attached hydrogens (tertiary/aromatic N) is 4. The number of aromatic nitrogens is 2. The van der Waals surface area contributed by atoms with Gasteiger partial charge in [-0.1, -0.05) is 34.1 Å². The van der Waals surface area contributed by atoms with Gasteiger partial charge in [0.1, 0.15) is 0 Å². The number of benzene rings is 1. The van der Waals surface area contributed by atoms with Gasteiger partial charge in [-0.25, -0.2) is 5.01 Å². The first kappa shape index (κ1) is 13.1. The van der Waals surface area contributed by atoms with Crippen molar-refractivity contribution < 1.29 is 4.79 Å². The topological polar surface area (TPSA) is 50.5 Å². The SMILES string of the molecule is Cn1cc(C2=NN(Cc3ccccc3Br)C(=O)C2)cn1. The minimum absolute atomic E-state index is 0.0135. The first-order chi connectivity index (χ1) is 9.63. The number of hydrogen-bond donors (Lipinski definition) is 0. The van der Waals surface area contributed by atoms with Gasteiger partial charge in [0.2, 0.25) is 5.91 Å². The second-order valence-electron chi connectivity index (χ2n) is 4.67. The maximum Gasteiger partial charge on any atom is 0.249 e. The van der Waals surface area contributed by atoms with Gasteiger partial charge in [0, 0.05) is 23.3 Å². The second-order valence-corrected chi connectivity index (χ2v) is 5.52. The number of hydrazone groups is 1. The number of aryl methyl sites for hydroxylation is 1. The summed E-state index contributed by atoms with van der Waals surface area (Å²) in [6.07, 6.45) is 3.93. The minimum Gasteiger partial charge on any atom is -0.275 e. The van der Waals surface area contributed by atoms with Gasteiger partial charge in [-0.2, -0.15) is 10.2 Å². The summed E-state index contributed by atoms with van der Waals surface area (Å²) in [6.45, 7) is 0.476. The minimum atomic E-state index is 0.0135. The number of carbonyl (C=O) groups excluding carboxylic acids is 1. The van der Waals surface area contributed by atoms with E-state index in [4.69, 9.17) is 0 Å². The summed E-state index contributed by atoms with van der Waals surface area (Å²) < 4.78 is 2.69. The Morgan fingerprint density at radius 3 is 2.85 bits per heavy atom. The second kappa shape index (κ2) is 5.20. The highest BCUT2D eigenvalue weighted by Gasteiger charge is 2.25. The molecule has 0 atom stereocenters. The lowest BCUT2D eigenvalue weighted by Crippen LogP contribution is -2.20. The lowest BCUT2D eigenvalue weighted by Gasteiger charge is -2.12. The molecule has 2 aromatic rings. The van der Waals surface area contributed by atoms with Crippen LogP contribution in [0.5, 0.6) is 0 Å². The number of rotatable bonds is 3. The molecule has 1 aromatic carbocycles. The van der Waals surface area contributed by atoms with E-state index >= 15 is 0 Å². The first-order valence-corrected chi connectivity index (χ1v) is 7.03. The molecule has 0 fully saturated rings. The maximum absolute atomic E-state index is 12.0. The zero-order chi connectivity index (χ0) is 14.1. The fourth-order valence-electron chi connectivity index (χ4n) is 2.11. The Balaban J connectivity index is 1.82. The average Bonchev–Trinajstić information content (AvgIpc) is 2.99. The van der Waals surface area contributed by atoms with Crippen LogP contribution in [0.15, 0.2) is 46.2 Å². The molecule has 3 rings (SSSR count). The standard InChI is InChI=1S/C14H13BrN4O/c1-18-8-11(7-16-18)13-6-14(20)19(17-13)9-10-4-2-3-5-12(10)15/h2-5,7-8H,6,9H2,1H3. The molecular formula is C14H13BrN4O. The molecule has 0 radical (unpaired) electrons. The van der Waals surface area contributed by atoms with E-state index in [-0.39, 0.29) is 5.91 Å². The fraction of sp³-hybridized carbons (Fsp3) is 0.214. The summed E-state index contributed by atoms with van der Waals surface area (Å²) in [5.74, 6) is 0.0135. The zero-order valence-electron chi connectivity index (χ0n) is 11.0. The first-order valence-electron chi connectivity index (χ1n) is 6.24. The monoisotopic (exact) mass is 332 g/mol. The predicted molar refractivity (Wildman–Crippen MR) is 79.1 cm³/mol. The van der Waals surface area contributed by atoms with Crippen molar-refractivity contribution in [1.29, 1.82) is 0 Å². The lowest BCUT2D eigenvalue weighted by molar-refractivity contribution is -0.129. The smallest absolute Gasteiger partial charge is 0.249 e. The van der Waals surface area contributed by atoms with Crippen molar-refractivity contribution in [1.82, 2.24) is 14.8 Å². The Hall–Kier alpha value is -1.95. The molecule has 1 amide bonds. The van der Waals surface area contributed by atoms with Crippen molar-refractivity contribution in [2.45, 2.75) is 13.0 Å². The third-order valence-corrected chi connectivity index (χ3v) is 3.94. The molecule has 1 aliphatic heterocycles. The Bertz CT molecular complexity index is 692. The highest BCUT2D eigenvalue weighted by atomic mass is 79.9. The molecule has 0 bridgehead atoms. The van der Waals surface area contributed by atoms with Gasteiger partial charge in [-0.15, -0.1) is 0 Å². The van der Waals surface area contributed by atoms with Gasteiger partial charge in [-0.3, -0.25) is 9.48 Å². The summed E-state index contributed by atoms with van der Waals surface area (Å²) in [7, 11) is 1.85. The van der Waals surface area contributed by atoms with Crippen molar-refractivity contribution in [2.75, 3.05) is 0 Å². The zero-order valence-corrected chi connectivity index (χ0v) is 12.5. The van der Waals surface area contributed by atoms with Crippen LogP contribution in [0.1, 0.15) is 17.5 Å². The molecule has 1 aromatic heterocycles. The summed E-state index contributed by atoms with van der Waals surface area (Å²) in [5, 5.41) is 10.0. The normalized spacial score (nSPS) is 14.8. The summed E-state index contributed by atoms with van der Waals surface area (Å²) in [4.78, 5) is 12.0. The van der Waals surface area contributed by atoms with Gasteiger partial charge in [0.05, 0.1) is 24.9 Å². The molecule has 1 aliphatic rings. The molecule has 0 spiro atoms. The molecule has 0 unspecified atom stereocenters. The molecule has 0 saturated carbocycles. The van der Waals surface area contributed by atoms with Crippen LogP contribution in [0.3, 0.4) is 0 Å². The van der Waals surface area contributed by atoms with Crippen molar-refractivity contribution >= 4 is 27.5 Å². The van der Waals surface area contributed by atoms with E-state index in [0.717, 1.165) is 21.3 Å². The summed E-state index contributed by atoms with van der Waals surface area (Å²) in [5.41, 5.74) is 2.71. The van der Waals surface area contributed by atoms with E-state index in [0.29, 0.717) is 13.0 Å². The van der Waals surface area contributed by atoms with Crippen LogP contribution in [0.2, 0.25) is 0 Å². The third-order valence-electron chi connectivity index (χ3n) is 3.16.